The van der Waals surface area contributed by atoms with E-state index in [0.717, 1.165) is 11.1 Å². The zero-order chi connectivity index (χ0) is 30.8. The molecule has 3 aromatic carbocycles. The van der Waals surface area contributed by atoms with Gasteiger partial charge >= 0.3 is 6.09 Å². The first-order valence-electron chi connectivity index (χ1n) is 13.6. The Morgan fingerprint density at radius 1 is 0.905 bits per heavy atom. The fraction of sp³-hybridized carbons (Fsp3) is 0.355. The predicted octanol–water partition coefficient (Wildman–Crippen LogP) is 5.82. The van der Waals surface area contributed by atoms with Gasteiger partial charge in [-0.05, 0) is 105 Å². The summed E-state index contributed by atoms with van der Waals surface area (Å²) in [5, 5.41) is 0.566. The average Bonchev–Trinajstić information content (AvgIpc) is 3.13. The Kier molecular flexibility index (Phi) is 9.08. The third kappa shape index (κ3) is 7.35. The number of halogens is 1. The van der Waals surface area contributed by atoms with Gasteiger partial charge in [-0.2, -0.15) is 0 Å². The van der Waals surface area contributed by atoms with Gasteiger partial charge in [-0.25, -0.2) is 13.2 Å². The van der Waals surface area contributed by atoms with Crippen molar-refractivity contribution in [3.05, 3.63) is 82.4 Å². The lowest BCUT2D eigenvalue weighted by molar-refractivity contribution is 0.0258. The summed E-state index contributed by atoms with van der Waals surface area (Å²) in [5.74, 6) is -0.282. The molecular formula is C31H37ClN4O5S. The summed E-state index contributed by atoms with van der Waals surface area (Å²) in [6.07, 6.45) is 0.836. The molecule has 0 saturated heterocycles. The summed E-state index contributed by atoms with van der Waals surface area (Å²) < 4.78 is 35.2. The fourth-order valence-corrected chi connectivity index (χ4v) is 5.87. The number of carbonyl (C=O) groups is 2. The second-order valence-electron chi connectivity index (χ2n) is 11.5. The average molecular weight is 613 g/mol. The molecule has 9 nitrogen and oxygen atoms in total. The minimum absolute atomic E-state index is 0.0314. The molecule has 0 aliphatic carbocycles. The normalized spacial score (nSPS) is 13.5. The Morgan fingerprint density at radius 2 is 1.48 bits per heavy atom. The van der Waals surface area contributed by atoms with Gasteiger partial charge in [-0.15, -0.1) is 0 Å². The van der Waals surface area contributed by atoms with E-state index in [1.165, 1.54) is 29.2 Å². The first-order chi connectivity index (χ1) is 19.6. The first kappa shape index (κ1) is 31.2. The molecular weight excluding hydrogens is 576 g/mol. The van der Waals surface area contributed by atoms with Gasteiger partial charge in [0.2, 0.25) is 0 Å². The van der Waals surface area contributed by atoms with Crippen molar-refractivity contribution in [3.8, 4) is 0 Å². The van der Waals surface area contributed by atoms with E-state index in [4.69, 9.17) is 16.3 Å². The predicted molar refractivity (Wildman–Crippen MR) is 167 cm³/mol. The van der Waals surface area contributed by atoms with Crippen molar-refractivity contribution < 1.29 is 22.7 Å². The van der Waals surface area contributed by atoms with Crippen LogP contribution in [0.15, 0.2) is 65.6 Å². The van der Waals surface area contributed by atoms with Gasteiger partial charge in [0.1, 0.15) is 5.60 Å². The number of benzene rings is 3. The van der Waals surface area contributed by atoms with E-state index in [0.29, 0.717) is 53.6 Å². The molecule has 1 aliphatic rings. The van der Waals surface area contributed by atoms with E-state index in [-0.39, 0.29) is 16.9 Å². The molecule has 0 atom stereocenters. The molecule has 3 aromatic rings. The third-order valence-electron chi connectivity index (χ3n) is 6.93. The van der Waals surface area contributed by atoms with Crippen molar-refractivity contribution in [1.29, 1.82) is 0 Å². The molecule has 0 fully saturated rings. The largest absolute Gasteiger partial charge is 0.444 e. The third-order valence-corrected chi connectivity index (χ3v) is 8.56. The molecule has 1 heterocycles. The van der Waals surface area contributed by atoms with Crippen LogP contribution in [0.25, 0.3) is 0 Å². The maximum atomic E-state index is 13.4. The van der Waals surface area contributed by atoms with E-state index in [9.17, 15) is 18.0 Å². The number of fused-ring (bicyclic) bond motifs is 1. The van der Waals surface area contributed by atoms with Gasteiger partial charge in [-0.3, -0.25) is 9.52 Å². The lowest BCUT2D eigenvalue weighted by Crippen LogP contribution is -2.38. The smallest absolute Gasteiger partial charge is 0.410 e. The van der Waals surface area contributed by atoms with Crippen LogP contribution in [0, 0.1) is 0 Å². The molecule has 42 heavy (non-hydrogen) atoms. The summed E-state index contributed by atoms with van der Waals surface area (Å²) in [6.45, 7) is 6.49. The van der Waals surface area contributed by atoms with E-state index in [1.807, 2.05) is 51.9 Å². The lowest BCUT2D eigenvalue weighted by atomic mass is 10.0. The van der Waals surface area contributed by atoms with E-state index in [1.54, 1.807) is 36.2 Å². The Bertz CT molecular complexity index is 1570. The Morgan fingerprint density at radius 3 is 2.02 bits per heavy atom. The van der Waals surface area contributed by atoms with E-state index >= 15 is 0 Å². The monoisotopic (exact) mass is 612 g/mol. The number of nitrogens with zero attached hydrogens (tertiary/aromatic N) is 3. The number of anilines is 3. The summed E-state index contributed by atoms with van der Waals surface area (Å²) in [4.78, 5) is 30.7. The summed E-state index contributed by atoms with van der Waals surface area (Å²) in [7, 11) is 1.37. The molecule has 2 amide bonds. The molecule has 0 saturated carbocycles. The van der Waals surface area contributed by atoms with Crippen molar-refractivity contribution >= 4 is 50.7 Å². The summed E-state index contributed by atoms with van der Waals surface area (Å²) >= 11 is 5.95. The Balaban J connectivity index is 1.53. The number of nitrogens with one attached hydrogen (secondary N) is 1. The number of ether oxygens (including phenoxy) is 1. The Hall–Kier alpha value is -3.76. The SMILES string of the molecule is CN(C)c1cc2c(cc1NS(=O)(=O)c1ccc(C(=O)N(C)c3ccc(Cl)cc3)cc1)CCN(C(=O)OC(C)(C)C)CC2. The van der Waals surface area contributed by atoms with Crippen LogP contribution in [0.2, 0.25) is 5.02 Å². The second-order valence-corrected chi connectivity index (χ2v) is 13.6. The summed E-state index contributed by atoms with van der Waals surface area (Å²) in [6, 6.07) is 16.5. The molecule has 0 bridgehead atoms. The number of rotatable bonds is 6. The number of sulfonamides is 1. The molecule has 4 rings (SSSR count). The van der Waals surface area contributed by atoms with E-state index in [2.05, 4.69) is 4.72 Å². The highest BCUT2D eigenvalue weighted by molar-refractivity contribution is 7.92. The number of carbonyl (C=O) groups excluding carboxylic acids is 2. The van der Waals surface area contributed by atoms with Crippen LogP contribution >= 0.6 is 11.6 Å². The maximum Gasteiger partial charge on any atom is 0.410 e. The van der Waals surface area contributed by atoms with Crippen molar-refractivity contribution in [3.63, 3.8) is 0 Å². The molecule has 224 valence electrons. The quantitative estimate of drug-likeness (QED) is 0.377. The van der Waals surface area contributed by atoms with Gasteiger partial charge in [-0.1, -0.05) is 11.6 Å². The number of amides is 2. The molecule has 0 radical (unpaired) electrons. The standard InChI is InChI=1S/C31H37ClN4O5S/c1-31(2,3)41-30(38)36-17-15-22-19-27(28(34(4)5)20-23(22)16-18-36)33-42(39,40)26-13-7-21(8-14-26)29(37)35(6)25-11-9-24(32)10-12-25/h7-14,19-20,33H,15-18H2,1-6H3. The molecule has 1 N–H and O–H groups in total. The zero-order valence-corrected chi connectivity index (χ0v) is 26.3. The maximum absolute atomic E-state index is 13.4. The fourth-order valence-electron chi connectivity index (χ4n) is 4.68. The van der Waals surface area contributed by atoms with Crippen LogP contribution < -0.4 is 14.5 Å². The number of hydrogen-bond donors (Lipinski definition) is 1. The highest BCUT2D eigenvalue weighted by atomic mass is 35.5. The lowest BCUT2D eigenvalue weighted by Gasteiger charge is -2.26. The summed E-state index contributed by atoms with van der Waals surface area (Å²) in [5.41, 5.74) is 3.59. The molecule has 0 aromatic heterocycles. The molecule has 1 aliphatic heterocycles. The van der Waals surface area contributed by atoms with Gasteiger partial charge < -0.3 is 19.4 Å². The second kappa shape index (κ2) is 12.2. The van der Waals surface area contributed by atoms with Crippen molar-refractivity contribution in [2.75, 3.05) is 48.8 Å². The first-order valence-corrected chi connectivity index (χ1v) is 15.5. The Labute approximate surface area is 253 Å². The molecule has 0 spiro atoms. The topological polar surface area (TPSA) is 99.3 Å². The van der Waals surface area contributed by atoms with Crippen LogP contribution in [0.4, 0.5) is 21.9 Å². The van der Waals surface area contributed by atoms with Gasteiger partial charge in [0, 0.05) is 50.5 Å². The van der Waals surface area contributed by atoms with Crippen molar-refractivity contribution in [1.82, 2.24) is 4.90 Å². The van der Waals surface area contributed by atoms with Crippen LogP contribution in [-0.4, -0.2) is 65.2 Å². The van der Waals surface area contributed by atoms with Crippen LogP contribution in [-0.2, 0) is 27.6 Å². The number of hydrogen-bond acceptors (Lipinski definition) is 6. The van der Waals surface area contributed by atoms with Crippen molar-refractivity contribution in [2.24, 2.45) is 0 Å². The molecule has 11 heteroatoms. The van der Waals surface area contributed by atoms with Gasteiger partial charge in [0.05, 0.1) is 16.3 Å². The molecule has 0 unspecified atom stereocenters. The van der Waals surface area contributed by atoms with Crippen LogP contribution in [0.3, 0.4) is 0 Å². The van der Waals surface area contributed by atoms with Crippen molar-refractivity contribution in [2.45, 2.75) is 44.1 Å². The minimum Gasteiger partial charge on any atom is -0.444 e. The van der Waals surface area contributed by atoms with Crippen LogP contribution in [0.1, 0.15) is 42.3 Å². The zero-order valence-electron chi connectivity index (χ0n) is 24.8. The minimum atomic E-state index is -3.97. The van der Waals surface area contributed by atoms with Gasteiger partial charge in [0.15, 0.2) is 0 Å². The van der Waals surface area contributed by atoms with Gasteiger partial charge in [0.25, 0.3) is 15.9 Å². The van der Waals surface area contributed by atoms with Crippen LogP contribution in [0.5, 0.6) is 0 Å². The highest BCUT2D eigenvalue weighted by Crippen LogP contribution is 2.33. The van der Waals surface area contributed by atoms with E-state index < -0.39 is 15.6 Å². The highest BCUT2D eigenvalue weighted by Gasteiger charge is 2.26.